The average molecular weight is 428 g/mol. The van der Waals surface area contributed by atoms with Crippen LogP contribution in [0.1, 0.15) is 19.8 Å². The zero-order valence-electron chi connectivity index (χ0n) is 16.0. The number of anilines is 1. The molecule has 0 saturated heterocycles. The molecule has 1 atom stereocenters. The highest BCUT2D eigenvalue weighted by Gasteiger charge is 2.22. The van der Waals surface area contributed by atoms with Crippen molar-refractivity contribution < 1.29 is 4.55 Å². The number of fused-ring (bicyclic) bond motifs is 1. The molecule has 146 valence electrons. The summed E-state index contributed by atoms with van der Waals surface area (Å²) in [5.41, 5.74) is 10.3. The third-order valence-electron chi connectivity index (χ3n) is 4.80. The average Bonchev–Trinajstić information content (AvgIpc) is 3.35. The van der Waals surface area contributed by atoms with Crippen LogP contribution in [-0.2, 0) is 0 Å². The number of rotatable bonds is 6. The third kappa shape index (κ3) is 3.57. The van der Waals surface area contributed by atoms with Crippen LogP contribution in [0.25, 0.3) is 31.9 Å². The summed E-state index contributed by atoms with van der Waals surface area (Å²) in [6.07, 6.45) is 3.79. The summed E-state index contributed by atoms with van der Waals surface area (Å²) < 4.78 is 14.2. The Morgan fingerprint density at radius 3 is 2.61 bits per heavy atom. The SMILES string of the molecule is CCCCS(C)([O-])c1sc2nc(-c3cccs3)cc(-c3ccccc3)c2c1N. The smallest absolute Gasteiger partial charge is 0.127 e. The minimum absolute atomic E-state index is 0.632. The molecule has 3 heterocycles. The normalized spacial score (nSPS) is 14.8. The van der Waals surface area contributed by atoms with E-state index in [1.54, 1.807) is 11.3 Å². The van der Waals surface area contributed by atoms with E-state index in [1.165, 1.54) is 11.3 Å². The van der Waals surface area contributed by atoms with E-state index < -0.39 is 10.3 Å². The van der Waals surface area contributed by atoms with Crippen molar-refractivity contribution in [2.24, 2.45) is 0 Å². The molecule has 3 aromatic heterocycles. The lowest BCUT2D eigenvalue weighted by atomic mass is 10.0. The Morgan fingerprint density at radius 1 is 1.14 bits per heavy atom. The summed E-state index contributed by atoms with van der Waals surface area (Å²) in [6.45, 7) is 2.12. The molecule has 0 aliphatic carbocycles. The fraction of sp³-hybridized carbons (Fsp3) is 0.227. The fourth-order valence-corrected chi connectivity index (χ4v) is 7.65. The minimum atomic E-state index is -2.17. The van der Waals surface area contributed by atoms with Gasteiger partial charge in [-0.05, 0) is 47.1 Å². The van der Waals surface area contributed by atoms with Crippen molar-refractivity contribution in [1.82, 2.24) is 4.98 Å². The van der Waals surface area contributed by atoms with Crippen molar-refractivity contribution in [2.45, 2.75) is 24.0 Å². The maximum atomic E-state index is 13.4. The topological polar surface area (TPSA) is 62.0 Å². The van der Waals surface area contributed by atoms with E-state index in [0.29, 0.717) is 11.4 Å². The second kappa shape index (κ2) is 7.87. The number of aromatic nitrogens is 1. The van der Waals surface area contributed by atoms with Crippen LogP contribution in [0.2, 0.25) is 0 Å². The molecule has 4 rings (SSSR count). The lowest BCUT2D eigenvalue weighted by molar-refractivity contribution is 0.586. The van der Waals surface area contributed by atoms with Crippen molar-refractivity contribution >= 4 is 48.9 Å². The zero-order chi connectivity index (χ0) is 19.7. The number of hydrogen-bond donors (Lipinski definition) is 1. The Labute approximate surface area is 175 Å². The van der Waals surface area contributed by atoms with Crippen LogP contribution in [0.3, 0.4) is 0 Å². The summed E-state index contributed by atoms with van der Waals surface area (Å²) >= 11 is 3.17. The Balaban J connectivity index is 1.97. The maximum Gasteiger partial charge on any atom is 0.127 e. The number of nitrogens with two attached hydrogens (primary N) is 1. The van der Waals surface area contributed by atoms with Gasteiger partial charge in [-0.15, -0.1) is 22.7 Å². The number of benzene rings is 1. The highest BCUT2D eigenvalue weighted by Crippen LogP contribution is 2.58. The van der Waals surface area contributed by atoms with E-state index in [2.05, 4.69) is 36.6 Å². The Morgan fingerprint density at radius 2 is 1.93 bits per heavy atom. The second-order valence-electron chi connectivity index (χ2n) is 6.94. The van der Waals surface area contributed by atoms with Crippen LogP contribution in [0.5, 0.6) is 0 Å². The molecule has 0 radical (unpaired) electrons. The van der Waals surface area contributed by atoms with E-state index in [4.69, 9.17) is 10.7 Å². The minimum Gasteiger partial charge on any atom is -0.808 e. The molecule has 0 bridgehead atoms. The fourth-order valence-electron chi connectivity index (χ4n) is 3.33. The molecule has 0 saturated carbocycles. The highest BCUT2D eigenvalue weighted by molar-refractivity contribution is 8.29. The van der Waals surface area contributed by atoms with E-state index in [0.717, 1.165) is 49.0 Å². The zero-order valence-corrected chi connectivity index (χ0v) is 18.4. The number of hydrogen-bond acceptors (Lipinski definition) is 5. The van der Waals surface area contributed by atoms with Crippen LogP contribution in [0.15, 0.2) is 58.1 Å². The standard InChI is InChI=1S/C22H24N2OS3/c1-3-4-13-28(2,25)22-20(23)19-16(15-9-6-5-7-10-15)14-17(24-21(19)27-22)18-11-8-12-26-18/h5-12,14,25H,3-4,13,23H2,1-2H3/p-1. The van der Waals surface area contributed by atoms with Gasteiger partial charge in [0.05, 0.1) is 20.5 Å². The Kier molecular flexibility index (Phi) is 5.47. The molecular weight excluding hydrogens is 404 g/mol. The van der Waals surface area contributed by atoms with Gasteiger partial charge in [-0.25, -0.2) is 4.98 Å². The van der Waals surface area contributed by atoms with Crippen LogP contribution in [0.4, 0.5) is 5.69 Å². The lowest BCUT2D eigenvalue weighted by Crippen LogP contribution is -2.03. The van der Waals surface area contributed by atoms with Crippen molar-refractivity contribution in [3.63, 3.8) is 0 Å². The summed E-state index contributed by atoms with van der Waals surface area (Å²) in [4.78, 5) is 6.89. The first-order valence-electron chi connectivity index (χ1n) is 9.30. The summed E-state index contributed by atoms with van der Waals surface area (Å²) in [7, 11) is -2.17. The molecule has 1 aromatic carbocycles. The monoisotopic (exact) mass is 427 g/mol. The summed E-state index contributed by atoms with van der Waals surface area (Å²) in [5, 5.41) is 2.99. The number of pyridine rings is 1. The van der Waals surface area contributed by atoms with Gasteiger partial charge in [0.15, 0.2) is 0 Å². The van der Waals surface area contributed by atoms with Gasteiger partial charge in [-0.3, -0.25) is 10.3 Å². The quantitative estimate of drug-likeness (QED) is 0.360. The van der Waals surface area contributed by atoms with Crippen LogP contribution >= 0.6 is 33.0 Å². The van der Waals surface area contributed by atoms with Crippen LogP contribution < -0.4 is 5.73 Å². The summed E-state index contributed by atoms with van der Waals surface area (Å²) in [6, 6.07) is 16.5. The second-order valence-corrected chi connectivity index (χ2v) is 12.0. The molecular formula is C22H23N2OS3-. The third-order valence-corrected chi connectivity index (χ3v) is 9.97. The van der Waals surface area contributed by atoms with Crippen molar-refractivity contribution in [3.05, 3.63) is 53.9 Å². The maximum absolute atomic E-state index is 13.4. The molecule has 0 aliphatic rings. The van der Waals surface area contributed by atoms with Gasteiger partial charge in [-0.2, -0.15) is 0 Å². The van der Waals surface area contributed by atoms with Crippen LogP contribution in [0, 0.1) is 0 Å². The Hall–Kier alpha value is -1.86. The van der Waals surface area contributed by atoms with Gasteiger partial charge in [0, 0.05) is 5.39 Å². The summed E-state index contributed by atoms with van der Waals surface area (Å²) in [5.74, 6) is 0.666. The molecule has 2 N–H and O–H groups in total. The molecule has 0 aliphatic heterocycles. The van der Waals surface area contributed by atoms with Gasteiger partial charge >= 0.3 is 0 Å². The molecule has 0 amide bonds. The van der Waals surface area contributed by atoms with Gasteiger partial charge < -0.3 is 10.3 Å². The number of thiophene rings is 2. The van der Waals surface area contributed by atoms with E-state index in [-0.39, 0.29) is 0 Å². The molecule has 3 nitrogen and oxygen atoms in total. The van der Waals surface area contributed by atoms with Gasteiger partial charge in [-0.1, -0.05) is 49.7 Å². The molecule has 1 unspecified atom stereocenters. The molecule has 28 heavy (non-hydrogen) atoms. The first-order chi connectivity index (χ1) is 13.5. The van der Waals surface area contributed by atoms with E-state index in [9.17, 15) is 4.55 Å². The van der Waals surface area contributed by atoms with Crippen molar-refractivity contribution in [1.29, 1.82) is 0 Å². The van der Waals surface area contributed by atoms with Crippen LogP contribution in [-0.4, -0.2) is 21.5 Å². The van der Waals surface area contributed by atoms with E-state index in [1.807, 2.05) is 30.5 Å². The number of nitrogens with zero attached hydrogens (tertiary/aromatic N) is 1. The van der Waals surface area contributed by atoms with Crippen molar-refractivity contribution in [3.8, 4) is 21.7 Å². The molecule has 6 heteroatoms. The number of nitrogen functional groups attached to an aromatic ring is 1. The first kappa shape index (κ1) is 19.5. The van der Waals surface area contributed by atoms with E-state index >= 15 is 0 Å². The first-order valence-corrected chi connectivity index (χ1v) is 13.1. The molecule has 0 fully saturated rings. The largest absolute Gasteiger partial charge is 0.808 e. The lowest BCUT2D eigenvalue weighted by Gasteiger charge is -2.42. The Bertz CT molecular complexity index is 1090. The number of unbranched alkanes of at least 4 members (excludes halogenated alkanes) is 1. The van der Waals surface area contributed by atoms with Gasteiger partial charge in [0.1, 0.15) is 4.83 Å². The van der Waals surface area contributed by atoms with Gasteiger partial charge in [0.25, 0.3) is 0 Å². The molecule has 4 aromatic rings. The highest BCUT2D eigenvalue weighted by atomic mass is 32.3. The molecule has 0 spiro atoms. The predicted octanol–water partition coefficient (Wildman–Crippen LogP) is 7.00. The van der Waals surface area contributed by atoms with Gasteiger partial charge in [0.2, 0.25) is 0 Å². The van der Waals surface area contributed by atoms with Crippen molar-refractivity contribution in [2.75, 3.05) is 17.7 Å². The predicted molar refractivity (Wildman–Crippen MR) is 125 cm³/mol.